The monoisotopic (exact) mass is 202 g/mol. The average Bonchev–Trinajstić information content (AvgIpc) is 2.34. The van der Waals surface area contributed by atoms with Gasteiger partial charge in [-0.2, -0.15) is 0 Å². The Morgan fingerprint density at radius 3 is 3.00 bits per heavy atom. The van der Waals surface area contributed by atoms with Crippen LogP contribution in [0.1, 0.15) is 5.82 Å². The molecule has 0 aliphatic carbocycles. The molecule has 13 heavy (non-hydrogen) atoms. The van der Waals surface area contributed by atoms with Gasteiger partial charge in [0.15, 0.2) is 0 Å². The summed E-state index contributed by atoms with van der Waals surface area (Å²) >= 11 is 1.37. The molecule has 6 nitrogen and oxygen atoms in total. The van der Waals surface area contributed by atoms with Crippen molar-refractivity contribution < 1.29 is 9.47 Å². The normalized spacial score (nSPS) is 10.0. The summed E-state index contributed by atoms with van der Waals surface area (Å²) in [6, 6.07) is 0. The van der Waals surface area contributed by atoms with Gasteiger partial charge in [0.2, 0.25) is 6.41 Å². The first kappa shape index (κ1) is 9.85. The van der Waals surface area contributed by atoms with E-state index in [-0.39, 0.29) is 0 Å². The van der Waals surface area contributed by atoms with Gasteiger partial charge in [0.05, 0.1) is 18.0 Å². The molecule has 0 fully saturated rings. The number of nitrogens with one attached hydrogen (secondary N) is 1. The predicted molar refractivity (Wildman–Crippen MR) is 48.2 cm³/mol. The van der Waals surface area contributed by atoms with E-state index < -0.39 is 0 Å². The lowest BCUT2D eigenvalue weighted by Crippen LogP contribution is -2.48. The molecule has 1 amide bonds. The lowest BCUT2D eigenvalue weighted by atomic mass is 10.7. The van der Waals surface area contributed by atoms with Gasteiger partial charge in [-0.1, -0.05) is 0 Å². The summed E-state index contributed by atoms with van der Waals surface area (Å²) in [7, 11) is 1.82. The van der Waals surface area contributed by atoms with Crippen LogP contribution in [0.5, 0.6) is 0 Å². The number of nitrogens with zero attached hydrogens (tertiary/aromatic N) is 3. The Morgan fingerprint density at radius 1 is 1.85 bits per heavy atom. The number of aromatic nitrogens is 3. The van der Waals surface area contributed by atoms with Crippen LogP contribution >= 0.6 is 11.8 Å². The Kier molecular flexibility index (Phi) is 3.13. The van der Waals surface area contributed by atoms with E-state index in [0.29, 0.717) is 17.4 Å². The molecule has 7 heteroatoms. The van der Waals surface area contributed by atoms with E-state index in [0.717, 1.165) is 5.82 Å². The number of hydrogen-bond acceptors (Lipinski definition) is 4. The van der Waals surface area contributed by atoms with Gasteiger partial charge < -0.3 is 5.32 Å². The van der Waals surface area contributed by atoms with Gasteiger partial charge in [0.25, 0.3) is 5.82 Å². The first-order valence-corrected chi connectivity index (χ1v) is 4.66. The summed E-state index contributed by atoms with van der Waals surface area (Å²) in [5.74, 6) is 7.01. The smallest absolute Gasteiger partial charge is 0.349 e. The number of aryl methyl sites for hydroxylation is 1. The molecule has 1 aromatic rings. The molecule has 0 aromatic carbocycles. The van der Waals surface area contributed by atoms with Crippen LogP contribution in [0.3, 0.4) is 0 Å². The number of thioether (sulfide) groups is 1. The highest BCUT2D eigenvalue weighted by atomic mass is 32.2. The Hall–Kier alpha value is -1.24. The third-order valence-electron chi connectivity index (χ3n) is 1.63. The number of hydrogen-bond donors (Lipinski definition) is 2. The molecule has 0 unspecified atom stereocenters. The van der Waals surface area contributed by atoms with E-state index in [2.05, 4.69) is 10.4 Å². The van der Waals surface area contributed by atoms with Crippen LogP contribution in [0, 0.1) is 6.92 Å². The lowest BCUT2D eigenvalue weighted by Gasteiger charge is -1.92. The molecule has 0 saturated carbocycles. The molecular weight excluding hydrogens is 190 g/mol. The second kappa shape index (κ2) is 4.13. The molecule has 0 spiro atoms. The minimum atomic E-state index is 0.469. The molecule has 0 radical (unpaired) electrons. The summed E-state index contributed by atoms with van der Waals surface area (Å²) < 4.78 is 3.17. The minimum Gasteiger partial charge on any atom is -0.349 e. The Bertz CT molecular complexity index is 310. The molecule has 3 N–H and O–H groups in total. The van der Waals surface area contributed by atoms with Gasteiger partial charge in [-0.05, 0) is 11.8 Å². The molecule has 0 bridgehead atoms. The van der Waals surface area contributed by atoms with E-state index in [1.165, 1.54) is 16.4 Å². The maximum atomic E-state index is 9.96. The van der Waals surface area contributed by atoms with E-state index >= 15 is 0 Å². The first-order valence-electron chi connectivity index (χ1n) is 3.67. The highest BCUT2D eigenvalue weighted by Crippen LogP contribution is 2.07. The molecule has 1 heterocycles. The van der Waals surface area contributed by atoms with Gasteiger partial charge in [0, 0.05) is 6.92 Å². The maximum absolute atomic E-state index is 9.96. The van der Waals surface area contributed by atoms with Crippen molar-refractivity contribution in [3.05, 3.63) is 5.82 Å². The SMILES string of the molecule is Cc1n(C)nc(SCNC=O)[n+]1N. The molecule has 72 valence electrons. The summed E-state index contributed by atoms with van der Waals surface area (Å²) in [5, 5.41) is 7.34. The van der Waals surface area contributed by atoms with E-state index in [1.54, 1.807) is 4.68 Å². The van der Waals surface area contributed by atoms with Crippen molar-refractivity contribution in [3.8, 4) is 0 Å². The standard InChI is InChI=1S/C6H11N5OS/c1-5-10(2)9-6(11(5)7)13-4-8-3-12/h3H,4,7H2,1-2H3/p+1. The summed E-state index contributed by atoms with van der Waals surface area (Å²) in [4.78, 5) is 9.96. The zero-order valence-electron chi connectivity index (χ0n) is 7.52. The van der Waals surface area contributed by atoms with Crippen LogP contribution in [0.15, 0.2) is 5.16 Å². The number of nitrogen functional groups attached to an aromatic ring is 1. The van der Waals surface area contributed by atoms with Crippen LogP contribution in [-0.4, -0.2) is 22.1 Å². The van der Waals surface area contributed by atoms with Crippen LogP contribution < -0.4 is 15.8 Å². The number of carbonyl (C=O) groups is 1. The molecule has 1 rings (SSSR count). The van der Waals surface area contributed by atoms with E-state index in [4.69, 9.17) is 5.84 Å². The fraction of sp³-hybridized carbons (Fsp3) is 0.500. The molecule has 1 aromatic heterocycles. The summed E-state index contributed by atoms with van der Waals surface area (Å²) in [6.07, 6.45) is 0.643. The topological polar surface area (TPSA) is 76.8 Å². The summed E-state index contributed by atoms with van der Waals surface area (Å²) in [5.41, 5.74) is 0. The second-order valence-corrected chi connectivity index (χ2v) is 3.38. The molecule has 0 saturated heterocycles. The van der Waals surface area contributed by atoms with Crippen LogP contribution in [0.2, 0.25) is 0 Å². The van der Waals surface area contributed by atoms with E-state index in [1.807, 2.05) is 14.0 Å². The number of carbonyl (C=O) groups excluding carboxylic acids is 1. The summed E-state index contributed by atoms with van der Waals surface area (Å²) in [6.45, 7) is 1.87. The third-order valence-corrected chi connectivity index (χ3v) is 2.47. The largest absolute Gasteiger partial charge is 0.360 e. The fourth-order valence-corrected chi connectivity index (χ4v) is 1.51. The van der Waals surface area contributed by atoms with Gasteiger partial charge in [-0.25, -0.2) is 0 Å². The molecule has 0 aliphatic rings. The van der Waals surface area contributed by atoms with Crippen LogP contribution in [0.4, 0.5) is 0 Å². The highest BCUT2D eigenvalue weighted by molar-refractivity contribution is 7.99. The van der Waals surface area contributed by atoms with Crippen molar-refractivity contribution in [1.29, 1.82) is 0 Å². The van der Waals surface area contributed by atoms with Crippen molar-refractivity contribution in [2.75, 3.05) is 11.7 Å². The van der Waals surface area contributed by atoms with Crippen molar-refractivity contribution in [2.24, 2.45) is 7.05 Å². The minimum absolute atomic E-state index is 0.469. The zero-order valence-corrected chi connectivity index (χ0v) is 8.34. The Balaban J connectivity index is 2.66. The third kappa shape index (κ3) is 2.11. The Labute approximate surface area is 80.1 Å². The van der Waals surface area contributed by atoms with E-state index in [9.17, 15) is 4.79 Å². The van der Waals surface area contributed by atoms with Crippen molar-refractivity contribution in [3.63, 3.8) is 0 Å². The molecule has 0 aliphatic heterocycles. The fourth-order valence-electron chi connectivity index (χ4n) is 0.782. The maximum Gasteiger partial charge on any atom is 0.360 e. The van der Waals surface area contributed by atoms with Gasteiger partial charge in [0.1, 0.15) is 0 Å². The first-order chi connectivity index (χ1) is 6.16. The van der Waals surface area contributed by atoms with Gasteiger partial charge >= 0.3 is 5.16 Å². The van der Waals surface area contributed by atoms with Crippen molar-refractivity contribution >= 4 is 18.2 Å². The molecular formula is C6H12N5OS+. The quantitative estimate of drug-likeness (QED) is 0.156. The van der Waals surface area contributed by atoms with Crippen LogP contribution in [0.25, 0.3) is 0 Å². The van der Waals surface area contributed by atoms with Crippen molar-refractivity contribution in [1.82, 2.24) is 15.1 Å². The number of amides is 1. The lowest BCUT2D eigenvalue weighted by molar-refractivity contribution is -0.684. The van der Waals surface area contributed by atoms with Crippen LogP contribution in [-0.2, 0) is 11.8 Å². The van der Waals surface area contributed by atoms with Gasteiger partial charge in [-0.15, -0.1) is 9.36 Å². The molecule has 0 atom stereocenters. The van der Waals surface area contributed by atoms with Crippen molar-refractivity contribution in [2.45, 2.75) is 12.1 Å². The predicted octanol–water partition coefficient (Wildman–Crippen LogP) is -1.47. The highest BCUT2D eigenvalue weighted by Gasteiger charge is 2.17. The number of rotatable bonds is 4. The number of nitrogens with two attached hydrogens (primary N) is 1. The average molecular weight is 202 g/mol. The Morgan fingerprint density at radius 2 is 2.54 bits per heavy atom. The second-order valence-electron chi connectivity index (χ2n) is 2.43. The van der Waals surface area contributed by atoms with Gasteiger partial charge in [-0.3, -0.25) is 10.6 Å². The zero-order chi connectivity index (χ0) is 9.84.